The van der Waals surface area contributed by atoms with E-state index < -0.39 is 34.9 Å². The molecular formula is C23H32FN3O6. The summed E-state index contributed by atoms with van der Waals surface area (Å²) < 4.78 is 25.7. The van der Waals surface area contributed by atoms with Crippen LogP contribution in [0.3, 0.4) is 0 Å². The molecule has 0 aromatic heterocycles. The van der Waals surface area contributed by atoms with Crippen LogP contribution in [0.15, 0.2) is 12.1 Å². The molecule has 2 amide bonds. The fraction of sp³-hybridized carbons (Fsp3) is 0.609. The summed E-state index contributed by atoms with van der Waals surface area (Å²) in [7, 11) is 1.45. The zero-order valence-electron chi connectivity index (χ0n) is 19.5. The molecule has 0 radical (unpaired) electrons. The van der Waals surface area contributed by atoms with Gasteiger partial charge in [0.25, 0.3) is 0 Å². The lowest BCUT2D eigenvalue weighted by molar-refractivity contribution is -0.161. The van der Waals surface area contributed by atoms with E-state index in [4.69, 9.17) is 9.47 Å². The lowest BCUT2D eigenvalue weighted by atomic mass is 9.88. The third-order valence-corrected chi connectivity index (χ3v) is 5.77. The van der Waals surface area contributed by atoms with Gasteiger partial charge in [0.2, 0.25) is 11.8 Å². The van der Waals surface area contributed by atoms with Gasteiger partial charge in [-0.2, -0.15) is 0 Å². The molecule has 3 N–H and O–H groups in total. The first-order valence-electron chi connectivity index (χ1n) is 11.1. The summed E-state index contributed by atoms with van der Waals surface area (Å²) in [5.74, 6) is -1.41. The van der Waals surface area contributed by atoms with Crippen molar-refractivity contribution in [1.82, 2.24) is 5.32 Å². The number of aliphatic hydroxyl groups is 1. The number of esters is 1. The smallest absolute Gasteiger partial charge is 0.309 e. The van der Waals surface area contributed by atoms with Crippen molar-refractivity contribution >= 4 is 29.2 Å². The van der Waals surface area contributed by atoms with E-state index in [1.807, 2.05) is 0 Å². The number of carbonyl (C=O) groups excluding carboxylic acids is 3. The van der Waals surface area contributed by atoms with Crippen molar-refractivity contribution in [3.63, 3.8) is 0 Å². The Morgan fingerprint density at radius 1 is 1.30 bits per heavy atom. The molecule has 1 aromatic carbocycles. The highest BCUT2D eigenvalue weighted by molar-refractivity contribution is 6.01. The minimum Gasteiger partial charge on any atom is -0.495 e. The standard InChI is InChI=1S/C23H32FN3O6/c1-22(2,3)33-20(29)13-23(31)7-9-27(10-8-23)17-12-18(32-4)16(11-14(17)24)25-15-5-6-19(28)26-21(15)30/h11-12,15,25,31H,5-10,13H2,1-4H3,(H,26,28,30). The Hall–Kier alpha value is -2.88. The van der Waals surface area contributed by atoms with Crippen LogP contribution in [0.5, 0.6) is 5.75 Å². The molecule has 2 aliphatic heterocycles. The van der Waals surface area contributed by atoms with E-state index in [0.29, 0.717) is 36.6 Å². The lowest BCUT2D eigenvalue weighted by Gasteiger charge is -2.39. The minimum atomic E-state index is -1.20. The van der Waals surface area contributed by atoms with E-state index in [9.17, 15) is 19.5 Å². The van der Waals surface area contributed by atoms with Crippen LogP contribution < -0.4 is 20.3 Å². The van der Waals surface area contributed by atoms with Crippen LogP contribution in [0.4, 0.5) is 15.8 Å². The van der Waals surface area contributed by atoms with Gasteiger partial charge in [0.05, 0.1) is 30.5 Å². The van der Waals surface area contributed by atoms with Crippen LogP contribution in [0.2, 0.25) is 0 Å². The van der Waals surface area contributed by atoms with Crippen molar-refractivity contribution in [3.05, 3.63) is 17.9 Å². The van der Waals surface area contributed by atoms with E-state index in [1.54, 1.807) is 31.7 Å². The molecule has 33 heavy (non-hydrogen) atoms. The van der Waals surface area contributed by atoms with Gasteiger partial charge >= 0.3 is 5.97 Å². The quantitative estimate of drug-likeness (QED) is 0.432. The molecule has 0 aliphatic carbocycles. The number of hydrogen-bond acceptors (Lipinski definition) is 8. The number of nitrogens with one attached hydrogen (secondary N) is 2. The van der Waals surface area contributed by atoms with Crippen molar-refractivity contribution < 1.29 is 33.4 Å². The number of piperidine rings is 2. The molecule has 1 unspecified atom stereocenters. The highest BCUT2D eigenvalue weighted by atomic mass is 19.1. The van der Waals surface area contributed by atoms with Crippen LogP contribution in [0.25, 0.3) is 0 Å². The van der Waals surface area contributed by atoms with Crippen LogP contribution in [0.1, 0.15) is 52.9 Å². The van der Waals surface area contributed by atoms with Crippen molar-refractivity contribution in [1.29, 1.82) is 0 Å². The maximum absolute atomic E-state index is 15.0. The molecule has 2 heterocycles. The normalized spacial score (nSPS) is 20.8. The average molecular weight is 466 g/mol. The van der Waals surface area contributed by atoms with Crippen molar-refractivity contribution in [2.75, 3.05) is 30.4 Å². The number of hydrogen-bond donors (Lipinski definition) is 3. The highest BCUT2D eigenvalue weighted by Gasteiger charge is 2.37. The number of nitrogens with zero attached hydrogens (tertiary/aromatic N) is 1. The van der Waals surface area contributed by atoms with Gasteiger partial charge in [-0.25, -0.2) is 4.39 Å². The Morgan fingerprint density at radius 2 is 1.97 bits per heavy atom. The van der Waals surface area contributed by atoms with E-state index in [-0.39, 0.29) is 31.6 Å². The Morgan fingerprint density at radius 3 is 2.55 bits per heavy atom. The van der Waals surface area contributed by atoms with Crippen molar-refractivity contribution in [3.8, 4) is 5.75 Å². The number of methoxy groups -OCH3 is 1. The first-order chi connectivity index (χ1) is 15.4. The van der Waals surface area contributed by atoms with Gasteiger partial charge < -0.3 is 24.8 Å². The monoisotopic (exact) mass is 465 g/mol. The second-order valence-corrected chi connectivity index (χ2v) is 9.63. The molecule has 2 fully saturated rings. The number of rotatable bonds is 6. The van der Waals surface area contributed by atoms with Gasteiger partial charge in [-0.3, -0.25) is 19.7 Å². The van der Waals surface area contributed by atoms with E-state index in [0.717, 1.165) is 0 Å². The topological polar surface area (TPSA) is 117 Å². The van der Waals surface area contributed by atoms with Gasteiger partial charge in [0.1, 0.15) is 23.2 Å². The van der Waals surface area contributed by atoms with Crippen molar-refractivity contribution in [2.24, 2.45) is 0 Å². The minimum absolute atomic E-state index is 0.112. The predicted octanol–water partition coefficient (Wildman–Crippen LogP) is 2.11. The first-order valence-corrected chi connectivity index (χ1v) is 11.1. The molecular weight excluding hydrogens is 433 g/mol. The SMILES string of the molecule is COc1cc(N2CCC(O)(CC(=O)OC(C)(C)C)CC2)c(F)cc1NC1CCC(=O)NC1=O. The van der Waals surface area contributed by atoms with Crippen LogP contribution in [-0.4, -0.2) is 60.3 Å². The third kappa shape index (κ3) is 6.34. The Balaban J connectivity index is 1.67. The van der Waals surface area contributed by atoms with Crippen LogP contribution in [-0.2, 0) is 19.1 Å². The Kier molecular flexibility index (Phi) is 7.16. The molecule has 2 aliphatic rings. The number of carbonyl (C=O) groups is 3. The Bertz CT molecular complexity index is 922. The third-order valence-electron chi connectivity index (χ3n) is 5.77. The summed E-state index contributed by atoms with van der Waals surface area (Å²) in [6.07, 6.45) is 0.957. The van der Waals surface area contributed by atoms with Crippen LogP contribution >= 0.6 is 0 Å². The summed E-state index contributed by atoms with van der Waals surface area (Å²) >= 11 is 0. The Labute approximate surface area is 192 Å². The highest BCUT2D eigenvalue weighted by Crippen LogP contribution is 2.36. The molecule has 3 rings (SSSR count). The van der Waals surface area contributed by atoms with E-state index in [1.165, 1.54) is 13.2 Å². The van der Waals surface area contributed by atoms with Crippen LogP contribution in [0, 0.1) is 5.82 Å². The van der Waals surface area contributed by atoms with E-state index >= 15 is 4.39 Å². The predicted molar refractivity (Wildman–Crippen MR) is 120 cm³/mol. The van der Waals surface area contributed by atoms with Gasteiger partial charge in [-0.05, 0) is 40.0 Å². The molecule has 0 bridgehead atoms. The first kappa shape index (κ1) is 24.8. The zero-order chi connectivity index (χ0) is 24.4. The zero-order valence-corrected chi connectivity index (χ0v) is 19.5. The maximum atomic E-state index is 15.0. The van der Waals surface area contributed by atoms with Gasteiger partial charge in [0.15, 0.2) is 0 Å². The lowest BCUT2D eigenvalue weighted by Crippen LogP contribution is -2.47. The molecule has 1 atom stereocenters. The number of halogens is 1. The molecule has 2 saturated heterocycles. The van der Waals surface area contributed by atoms with E-state index in [2.05, 4.69) is 10.6 Å². The average Bonchev–Trinajstić information content (AvgIpc) is 2.69. The fourth-order valence-corrected chi connectivity index (χ4v) is 4.07. The van der Waals surface area contributed by atoms with Gasteiger partial charge in [-0.15, -0.1) is 0 Å². The van der Waals surface area contributed by atoms with Gasteiger partial charge in [-0.1, -0.05) is 0 Å². The molecule has 9 nitrogen and oxygen atoms in total. The molecule has 0 saturated carbocycles. The summed E-state index contributed by atoms with van der Waals surface area (Å²) in [5.41, 5.74) is -1.21. The number of amides is 2. The number of anilines is 2. The molecule has 10 heteroatoms. The summed E-state index contributed by atoms with van der Waals surface area (Å²) in [4.78, 5) is 37.3. The second-order valence-electron chi connectivity index (χ2n) is 9.63. The van der Waals surface area contributed by atoms with Gasteiger partial charge in [0, 0.05) is 31.6 Å². The summed E-state index contributed by atoms with van der Waals surface area (Å²) in [5, 5.41) is 16.0. The summed E-state index contributed by atoms with van der Waals surface area (Å²) in [6, 6.07) is 2.14. The molecule has 1 aromatic rings. The number of benzene rings is 1. The van der Waals surface area contributed by atoms with Crippen molar-refractivity contribution in [2.45, 2.75) is 70.1 Å². The number of ether oxygens (including phenoxy) is 2. The molecule has 0 spiro atoms. The molecule has 182 valence electrons. The maximum Gasteiger partial charge on any atom is 0.309 e. The largest absolute Gasteiger partial charge is 0.495 e. The second kappa shape index (κ2) is 9.54. The summed E-state index contributed by atoms with van der Waals surface area (Å²) in [6.45, 7) is 6.00. The fourth-order valence-electron chi connectivity index (χ4n) is 4.07. The number of imide groups is 1.